The first-order valence-corrected chi connectivity index (χ1v) is 13.9. The number of epoxide rings is 1. The smallest absolute Gasteiger partial charge is 0.408 e. The van der Waals surface area contributed by atoms with Crippen LogP contribution in [0.25, 0.3) is 0 Å². The standard InChI is InChI=1S/C31H43N3O5/c1-20(2)16-25(28-27(39-28)17-21(3)4)33-29(35)22(5)32-30(36)26(18-23-12-8-6-9-13-23)34-31(37)38-19-24-14-10-7-11-15-24/h6-15,20-22,25-28H,16-19H2,1-5H3,(H,32,36)(H,33,35)(H,34,37)/t22-,25-,26-,27-,28+/m0/s1. The number of ether oxygens (including phenoxy) is 2. The second kappa shape index (κ2) is 14.7. The lowest BCUT2D eigenvalue weighted by molar-refractivity contribution is -0.130. The molecule has 3 N–H and O–H groups in total. The van der Waals surface area contributed by atoms with Crippen LogP contribution in [0.4, 0.5) is 4.79 Å². The summed E-state index contributed by atoms with van der Waals surface area (Å²) in [7, 11) is 0. The highest BCUT2D eigenvalue weighted by molar-refractivity contribution is 5.91. The van der Waals surface area contributed by atoms with E-state index in [1.54, 1.807) is 6.92 Å². The molecule has 1 saturated heterocycles. The summed E-state index contributed by atoms with van der Waals surface area (Å²) in [5.41, 5.74) is 1.71. The van der Waals surface area contributed by atoms with Crippen LogP contribution in [-0.2, 0) is 32.1 Å². The van der Waals surface area contributed by atoms with Crippen molar-refractivity contribution in [3.05, 3.63) is 71.8 Å². The number of alkyl carbamates (subject to hydrolysis) is 1. The van der Waals surface area contributed by atoms with E-state index in [-0.39, 0.29) is 37.2 Å². The fraction of sp³-hybridized carbons (Fsp3) is 0.516. The molecule has 5 atom stereocenters. The van der Waals surface area contributed by atoms with E-state index in [9.17, 15) is 14.4 Å². The van der Waals surface area contributed by atoms with Gasteiger partial charge >= 0.3 is 6.09 Å². The molecule has 1 fully saturated rings. The Balaban J connectivity index is 1.60. The van der Waals surface area contributed by atoms with Crippen LogP contribution < -0.4 is 16.0 Å². The second-order valence-corrected chi connectivity index (χ2v) is 11.2. The summed E-state index contributed by atoms with van der Waals surface area (Å²) in [5, 5.41) is 8.55. The van der Waals surface area contributed by atoms with Crippen molar-refractivity contribution < 1.29 is 23.9 Å². The molecule has 1 aliphatic heterocycles. The van der Waals surface area contributed by atoms with Gasteiger partial charge in [-0.15, -0.1) is 0 Å². The van der Waals surface area contributed by atoms with Gasteiger partial charge in [0.1, 0.15) is 24.8 Å². The molecule has 1 aliphatic rings. The molecule has 3 rings (SSSR count). The maximum absolute atomic E-state index is 13.3. The topological polar surface area (TPSA) is 109 Å². The number of carbonyl (C=O) groups is 3. The van der Waals surface area contributed by atoms with Crippen LogP contribution in [0.3, 0.4) is 0 Å². The summed E-state index contributed by atoms with van der Waals surface area (Å²) >= 11 is 0. The highest BCUT2D eigenvalue weighted by atomic mass is 16.6. The highest BCUT2D eigenvalue weighted by Gasteiger charge is 2.45. The monoisotopic (exact) mass is 537 g/mol. The number of nitrogens with one attached hydrogen (secondary N) is 3. The van der Waals surface area contributed by atoms with E-state index >= 15 is 0 Å². The quantitative estimate of drug-likeness (QED) is 0.310. The summed E-state index contributed by atoms with van der Waals surface area (Å²) in [6.45, 7) is 10.3. The number of carbonyl (C=O) groups excluding carboxylic acids is 3. The van der Waals surface area contributed by atoms with Gasteiger partial charge in [-0.25, -0.2) is 4.79 Å². The lowest BCUT2D eigenvalue weighted by Crippen LogP contribution is -2.55. The Kier molecular flexibility index (Phi) is 11.3. The molecule has 0 aliphatic carbocycles. The van der Waals surface area contributed by atoms with Gasteiger partial charge in [0.2, 0.25) is 11.8 Å². The van der Waals surface area contributed by atoms with Crippen molar-refractivity contribution >= 4 is 17.9 Å². The average Bonchev–Trinajstić information content (AvgIpc) is 3.65. The van der Waals surface area contributed by atoms with Crippen LogP contribution in [0.15, 0.2) is 60.7 Å². The van der Waals surface area contributed by atoms with Crippen molar-refractivity contribution in [2.45, 2.75) is 90.8 Å². The molecule has 0 unspecified atom stereocenters. The molecule has 8 nitrogen and oxygen atoms in total. The Labute approximate surface area is 232 Å². The first-order chi connectivity index (χ1) is 18.6. The molecule has 1 heterocycles. The third-order valence-electron chi connectivity index (χ3n) is 6.63. The maximum Gasteiger partial charge on any atom is 0.408 e. The normalized spacial score (nSPS) is 18.6. The molecule has 0 bridgehead atoms. The van der Waals surface area contributed by atoms with E-state index in [1.165, 1.54) is 0 Å². The summed E-state index contributed by atoms with van der Waals surface area (Å²) in [4.78, 5) is 38.9. The predicted molar refractivity (Wildman–Crippen MR) is 151 cm³/mol. The molecule has 0 saturated carbocycles. The molecule has 2 aromatic rings. The van der Waals surface area contributed by atoms with Gasteiger partial charge in [-0.05, 0) is 42.7 Å². The van der Waals surface area contributed by atoms with Crippen molar-refractivity contribution in [2.24, 2.45) is 11.8 Å². The van der Waals surface area contributed by atoms with E-state index in [0.717, 1.165) is 24.0 Å². The van der Waals surface area contributed by atoms with Crippen LogP contribution in [0.5, 0.6) is 0 Å². The summed E-state index contributed by atoms with van der Waals surface area (Å²) in [5.74, 6) is 0.157. The van der Waals surface area contributed by atoms with E-state index in [4.69, 9.17) is 9.47 Å². The Bertz CT molecular complexity index is 1060. The number of rotatable bonds is 14. The zero-order valence-electron chi connectivity index (χ0n) is 23.7. The fourth-order valence-corrected chi connectivity index (χ4v) is 4.60. The summed E-state index contributed by atoms with van der Waals surface area (Å²) in [6.07, 6.45) is 1.44. The van der Waals surface area contributed by atoms with Gasteiger partial charge < -0.3 is 25.4 Å². The van der Waals surface area contributed by atoms with Gasteiger partial charge in [-0.1, -0.05) is 88.4 Å². The van der Waals surface area contributed by atoms with Crippen LogP contribution in [0.1, 0.15) is 58.6 Å². The molecule has 8 heteroatoms. The maximum atomic E-state index is 13.3. The molecule has 212 valence electrons. The Hall–Kier alpha value is -3.39. The molecule has 2 aromatic carbocycles. The SMILES string of the molecule is CC(C)C[C@H](NC(=O)[C@H](C)NC(=O)[C@H](Cc1ccccc1)NC(=O)OCc1ccccc1)[C@H]1O[C@H]1CC(C)C. The van der Waals surface area contributed by atoms with Crippen molar-refractivity contribution in [3.8, 4) is 0 Å². The number of benzene rings is 2. The summed E-state index contributed by atoms with van der Waals surface area (Å²) in [6, 6.07) is 16.9. The molecular formula is C31H43N3O5. The number of hydrogen-bond acceptors (Lipinski definition) is 5. The van der Waals surface area contributed by atoms with Crippen LogP contribution in [0, 0.1) is 11.8 Å². The molecule has 0 radical (unpaired) electrons. The predicted octanol–water partition coefficient (Wildman–Crippen LogP) is 4.37. The van der Waals surface area contributed by atoms with Crippen molar-refractivity contribution in [3.63, 3.8) is 0 Å². The lowest BCUT2D eigenvalue weighted by Gasteiger charge is -2.24. The highest BCUT2D eigenvalue weighted by Crippen LogP contribution is 2.33. The minimum atomic E-state index is -0.917. The Morgan fingerprint density at radius 3 is 2.00 bits per heavy atom. The zero-order valence-corrected chi connectivity index (χ0v) is 23.7. The van der Waals surface area contributed by atoms with Crippen molar-refractivity contribution in [1.29, 1.82) is 0 Å². The van der Waals surface area contributed by atoms with E-state index < -0.39 is 24.1 Å². The van der Waals surface area contributed by atoms with Gasteiger partial charge in [0, 0.05) is 6.42 Å². The minimum Gasteiger partial charge on any atom is -0.445 e. The minimum absolute atomic E-state index is 0.00599. The molecule has 0 aromatic heterocycles. The van der Waals surface area contributed by atoms with Crippen LogP contribution in [-0.4, -0.2) is 48.2 Å². The van der Waals surface area contributed by atoms with Gasteiger partial charge in [-0.2, -0.15) is 0 Å². The molecule has 0 spiro atoms. The largest absolute Gasteiger partial charge is 0.445 e. The second-order valence-electron chi connectivity index (χ2n) is 11.2. The van der Waals surface area contributed by atoms with Crippen LogP contribution in [0.2, 0.25) is 0 Å². The summed E-state index contributed by atoms with van der Waals surface area (Å²) < 4.78 is 11.2. The third kappa shape index (κ3) is 10.4. The van der Waals surface area contributed by atoms with Gasteiger partial charge in [0.25, 0.3) is 0 Å². The van der Waals surface area contributed by atoms with Gasteiger partial charge in [0.15, 0.2) is 0 Å². The number of hydrogen-bond donors (Lipinski definition) is 3. The van der Waals surface area contributed by atoms with Crippen molar-refractivity contribution in [2.75, 3.05) is 0 Å². The van der Waals surface area contributed by atoms with Gasteiger partial charge in [0.05, 0.1) is 12.1 Å². The van der Waals surface area contributed by atoms with Gasteiger partial charge in [-0.3, -0.25) is 9.59 Å². The van der Waals surface area contributed by atoms with E-state index in [1.807, 2.05) is 60.7 Å². The van der Waals surface area contributed by atoms with E-state index in [2.05, 4.69) is 43.6 Å². The zero-order chi connectivity index (χ0) is 28.4. The Morgan fingerprint density at radius 2 is 1.41 bits per heavy atom. The fourth-order valence-electron chi connectivity index (χ4n) is 4.60. The Morgan fingerprint density at radius 1 is 0.795 bits per heavy atom. The first-order valence-electron chi connectivity index (χ1n) is 13.9. The van der Waals surface area contributed by atoms with E-state index in [0.29, 0.717) is 11.8 Å². The third-order valence-corrected chi connectivity index (χ3v) is 6.63. The van der Waals surface area contributed by atoms with Crippen LogP contribution >= 0.6 is 0 Å². The molecule has 39 heavy (non-hydrogen) atoms. The van der Waals surface area contributed by atoms with Crippen molar-refractivity contribution in [1.82, 2.24) is 16.0 Å². The first kappa shape index (κ1) is 30.2. The lowest BCUT2D eigenvalue weighted by atomic mass is 9.96. The average molecular weight is 538 g/mol. The molecule has 3 amide bonds. The molecular weight excluding hydrogens is 494 g/mol. The number of amides is 3.